The predicted molar refractivity (Wildman–Crippen MR) is 183 cm³/mol. The molecule has 0 aliphatic heterocycles. The number of benzene rings is 3. The zero-order valence-electron chi connectivity index (χ0n) is 27.7. The number of hydrogen-bond donors (Lipinski definition) is 0. The fourth-order valence-corrected chi connectivity index (χ4v) is 6.07. The number of hydrogen-bond acceptors (Lipinski definition) is 6. The van der Waals surface area contributed by atoms with E-state index in [1.165, 1.54) is 6.08 Å². The molecule has 1 saturated carbocycles. The van der Waals surface area contributed by atoms with Crippen LogP contribution < -0.4 is 15.2 Å². The molecule has 2 atom stereocenters. The molecule has 1 aliphatic rings. The maximum absolute atomic E-state index is 15.6. The predicted octanol–water partition coefficient (Wildman–Crippen LogP) is 7.76. The van der Waals surface area contributed by atoms with E-state index in [1.54, 1.807) is 49.1 Å². The van der Waals surface area contributed by atoms with Gasteiger partial charge in [-0.15, -0.1) is 0 Å². The summed E-state index contributed by atoms with van der Waals surface area (Å²) in [4.78, 5) is 30.8. The molecule has 2 aromatic heterocycles. The lowest BCUT2D eigenvalue weighted by molar-refractivity contribution is -0.148. The molecule has 0 spiro atoms. The molecule has 2 heterocycles. The standard InChI is InChI=1S/C39H40FN3O5/c1-39(2,3)48-36(44)22-28-15-17-30(31(40)21-28)29-16-18-32-34(23-29)42(4)38(45)43(32)33-19-20-35(46-24-26-11-7-5-8-12-26)41-37(33)47-25-27-13-9-6-10-14-27/h5-14,16,18-20,22-23,30-31H,15,17,21,24-25H2,1-4H3/b28-22+/t30-,31+/m1/s1. The van der Waals surface area contributed by atoms with Crippen LogP contribution in [-0.4, -0.2) is 31.9 Å². The highest BCUT2D eigenvalue weighted by Crippen LogP contribution is 2.39. The Balaban J connectivity index is 1.29. The number of esters is 1. The first kappa shape index (κ1) is 32.7. The Bertz CT molecular complexity index is 1990. The van der Waals surface area contributed by atoms with Crippen LogP contribution in [-0.2, 0) is 29.8 Å². The molecular formula is C39H40FN3O5. The van der Waals surface area contributed by atoms with Crippen molar-refractivity contribution in [2.45, 2.75) is 70.9 Å². The molecule has 0 saturated heterocycles. The van der Waals surface area contributed by atoms with Crippen molar-refractivity contribution in [1.82, 2.24) is 14.1 Å². The number of aryl methyl sites for hydroxylation is 1. The zero-order chi connectivity index (χ0) is 33.8. The SMILES string of the molecule is Cn1c(=O)n(-c2ccc(OCc3ccccc3)nc2OCc2ccccc2)c2ccc([C@H]3CC/C(=C\C(=O)OC(C)(C)C)C[C@@H]3F)cc21. The third kappa shape index (κ3) is 7.51. The van der Waals surface area contributed by atoms with E-state index in [4.69, 9.17) is 14.2 Å². The number of carbonyl (C=O) groups is 1. The number of halogens is 1. The summed E-state index contributed by atoms with van der Waals surface area (Å²) >= 11 is 0. The summed E-state index contributed by atoms with van der Waals surface area (Å²) in [5.74, 6) is -0.189. The fourth-order valence-electron chi connectivity index (χ4n) is 6.07. The van der Waals surface area contributed by atoms with Crippen LogP contribution in [0.5, 0.6) is 11.8 Å². The Morgan fingerprint density at radius 1 is 0.917 bits per heavy atom. The lowest BCUT2D eigenvalue weighted by Gasteiger charge is -2.28. The van der Waals surface area contributed by atoms with Crippen LogP contribution in [0.4, 0.5) is 4.39 Å². The topological polar surface area (TPSA) is 84.6 Å². The van der Waals surface area contributed by atoms with Crippen molar-refractivity contribution in [1.29, 1.82) is 0 Å². The third-order valence-corrected chi connectivity index (χ3v) is 8.41. The maximum Gasteiger partial charge on any atom is 0.333 e. The molecule has 5 aromatic rings. The molecule has 0 unspecified atom stereocenters. The van der Waals surface area contributed by atoms with Gasteiger partial charge in [-0.1, -0.05) is 72.3 Å². The van der Waals surface area contributed by atoms with Crippen molar-refractivity contribution in [2.75, 3.05) is 0 Å². The number of aromatic nitrogens is 3. The van der Waals surface area contributed by atoms with Crippen molar-refractivity contribution < 1.29 is 23.4 Å². The Morgan fingerprint density at radius 2 is 1.58 bits per heavy atom. The first-order valence-corrected chi connectivity index (χ1v) is 16.2. The van der Waals surface area contributed by atoms with E-state index < -0.39 is 17.7 Å². The molecule has 1 aliphatic carbocycles. The van der Waals surface area contributed by atoms with E-state index in [9.17, 15) is 9.59 Å². The number of pyridine rings is 1. The van der Waals surface area contributed by atoms with Gasteiger partial charge in [0.1, 0.15) is 30.7 Å². The second kappa shape index (κ2) is 13.9. The van der Waals surface area contributed by atoms with Crippen LogP contribution in [0.15, 0.2) is 107 Å². The minimum atomic E-state index is -1.17. The number of imidazole rings is 1. The number of fused-ring (bicyclic) bond motifs is 1. The average Bonchev–Trinajstić information content (AvgIpc) is 3.31. The van der Waals surface area contributed by atoms with Gasteiger partial charge in [-0.3, -0.25) is 9.13 Å². The number of ether oxygens (including phenoxy) is 3. The van der Waals surface area contributed by atoms with Gasteiger partial charge in [0.05, 0.1) is 11.0 Å². The highest BCUT2D eigenvalue weighted by atomic mass is 19.1. The van der Waals surface area contributed by atoms with Crippen LogP contribution in [0.1, 0.15) is 62.6 Å². The first-order valence-electron chi connectivity index (χ1n) is 16.2. The summed E-state index contributed by atoms with van der Waals surface area (Å²) in [7, 11) is 1.70. The van der Waals surface area contributed by atoms with Crippen LogP contribution in [0, 0.1) is 0 Å². The van der Waals surface area contributed by atoms with E-state index in [0.717, 1.165) is 22.3 Å². The third-order valence-electron chi connectivity index (χ3n) is 8.41. The minimum absolute atomic E-state index is 0.161. The normalized spacial score (nSPS) is 17.4. The van der Waals surface area contributed by atoms with Crippen molar-refractivity contribution in [2.24, 2.45) is 7.05 Å². The van der Waals surface area contributed by atoms with Gasteiger partial charge in [0, 0.05) is 31.5 Å². The largest absolute Gasteiger partial charge is 0.473 e. The van der Waals surface area contributed by atoms with Gasteiger partial charge in [0.2, 0.25) is 11.8 Å². The van der Waals surface area contributed by atoms with Gasteiger partial charge in [0.25, 0.3) is 0 Å². The van der Waals surface area contributed by atoms with Crippen LogP contribution in [0.25, 0.3) is 16.7 Å². The average molecular weight is 650 g/mol. The number of carbonyl (C=O) groups excluding carboxylic acids is 1. The second-order valence-corrected chi connectivity index (χ2v) is 13.1. The second-order valence-electron chi connectivity index (χ2n) is 13.1. The summed E-state index contributed by atoms with van der Waals surface area (Å²) in [6.07, 6.45) is 1.56. The van der Waals surface area contributed by atoms with Gasteiger partial charge in [0.15, 0.2) is 0 Å². The highest BCUT2D eigenvalue weighted by Gasteiger charge is 2.30. The summed E-state index contributed by atoms with van der Waals surface area (Å²) in [6, 6.07) is 28.7. The molecule has 0 bridgehead atoms. The molecule has 1 fully saturated rings. The Hall–Kier alpha value is -5.18. The lowest BCUT2D eigenvalue weighted by atomic mass is 9.80. The van der Waals surface area contributed by atoms with Crippen LogP contribution in [0.3, 0.4) is 0 Å². The van der Waals surface area contributed by atoms with Crippen molar-refractivity contribution in [3.8, 4) is 17.4 Å². The van der Waals surface area contributed by atoms with Gasteiger partial charge < -0.3 is 14.2 Å². The van der Waals surface area contributed by atoms with E-state index in [1.807, 2.05) is 78.9 Å². The molecule has 9 heteroatoms. The molecule has 248 valence electrons. The molecule has 0 N–H and O–H groups in total. The van der Waals surface area contributed by atoms with Gasteiger partial charge >= 0.3 is 11.7 Å². The van der Waals surface area contributed by atoms with E-state index in [2.05, 4.69) is 4.98 Å². The van der Waals surface area contributed by atoms with E-state index in [0.29, 0.717) is 42.0 Å². The minimum Gasteiger partial charge on any atom is -0.473 e. The van der Waals surface area contributed by atoms with Crippen molar-refractivity contribution >= 4 is 17.0 Å². The zero-order valence-corrected chi connectivity index (χ0v) is 27.7. The number of alkyl halides is 1. The van der Waals surface area contributed by atoms with Crippen LogP contribution in [0.2, 0.25) is 0 Å². The monoisotopic (exact) mass is 649 g/mol. The van der Waals surface area contributed by atoms with Crippen molar-refractivity contribution in [3.63, 3.8) is 0 Å². The van der Waals surface area contributed by atoms with Gasteiger partial charge in [-0.25, -0.2) is 14.0 Å². The molecule has 48 heavy (non-hydrogen) atoms. The summed E-state index contributed by atoms with van der Waals surface area (Å²) in [5, 5.41) is 0. The fraction of sp³-hybridized carbons (Fsp3) is 0.308. The quantitative estimate of drug-likeness (QED) is 0.120. The molecule has 3 aromatic carbocycles. The smallest absolute Gasteiger partial charge is 0.333 e. The van der Waals surface area contributed by atoms with E-state index in [-0.39, 0.29) is 30.5 Å². The summed E-state index contributed by atoms with van der Waals surface area (Å²) < 4.78 is 36.4. The number of nitrogens with zero attached hydrogens (tertiary/aromatic N) is 3. The van der Waals surface area contributed by atoms with E-state index >= 15 is 4.39 Å². The number of rotatable bonds is 9. The molecule has 0 amide bonds. The lowest BCUT2D eigenvalue weighted by Crippen LogP contribution is -2.24. The Labute approximate surface area is 279 Å². The van der Waals surface area contributed by atoms with Gasteiger partial charge in [-0.05, 0) is 68.5 Å². The number of allylic oxidation sites excluding steroid dienone is 1. The first-order chi connectivity index (χ1) is 23.1. The molecular weight excluding hydrogens is 609 g/mol. The highest BCUT2D eigenvalue weighted by molar-refractivity contribution is 5.83. The van der Waals surface area contributed by atoms with Crippen LogP contribution >= 0.6 is 0 Å². The molecule has 8 nitrogen and oxygen atoms in total. The summed E-state index contributed by atoms with van der Waals surface area (Å²) in [6.45, 7) is 6.00. The molecule has 6 rings (SSSR count). The molecule has 0 radical (unpaired) electrons. The van der Waals surface area contributed by atoms with Gasteiger partial charge in [-0.2, -0.15) is 4.98 Å². The Kier molecular flexibility index (Phi) is 9.48. The van der Waals surface area contributed by atoms with Crippen molar-refractivity contribution in [3.05, 3.63) is 130 Å². The summed E-state index contributed by atoms with van der Waals surface area (Å²) in [5.41, 5.74) is 4.40. The Morgan fingerprint density at radius 3 is 2.23 bits per heavy atom. The maximum atomic E-state index is 15.6.